The van der Waals surface area contributed by atoms with Crippen molar-refractivity contribution >= 4 is 16.7 Å². The first-order chi connectivity index (χ1) is 13.6. The summed E-state index contributed by atoms with van der Waals surface area (Å²) in [6.07, 6.45) is 4.19. The van der Waals surface area contributed by atoms with Crippen molar-refractivity contribution in [3.63, 3.8) is 0 Å². The number of nitrogens with one attached hydrogen (secondary N) is 1. The maximum absolute atomic E-state index is 10.9. The molecule has 4 rings (SSSR count). The van der Waals surface area contributed by atoms with Gasteiger partial charge in [-0.2, -0.15) is 0 Å². The number of aromatic nitrogens is 2. The van der Waals surface area contributed by atoms with E-state index in [0.29, 0.717) is 0 Å². The highest BCUT2D eigenvalue weighted by Gasteiger charge is 2.32. The summed E-state index contributed by atoms with van der Waals surface area (Å²) in [7, 11) is 0. The smallest absolute Gasteiger partial charge is 0.126 e. The second-order valence-corrected chi connectivity index (χ2v) is 7.81. The quantitative estimate of drug-likeness (QED) is 0.690. The summed E-state index contributed by atoms with van der Waals surface area (Å²) in [6.45, 7) is 5.67. The summed E-state index contributed by atoms with van der Waals surface area (Å²) >= 11 is 0. The molecule has 0 unspecified atom stereocenters. The van der Waals surface area contributed by atoms with Crippen LogP contribution < -0.4 is 5.32 Å². The van der Waals surface area contributed by atoms with Gasteiger partial charge in [0, 0.05) is 49.9 Å². The van der Waals surface area contributed by atoms with Crippen molar-refractivity contribution in [1.82, 2.24) is 14.9 Å². The van der Waals surface area contributed by atoms with Crippen molar-refractivity contribution < 1.29 is 5.11 Å². The molecule has 1 fully saturated rings. The summed E-state index contributed by atoms with van der Waals surface area (Å²) in [6, 6.07) is 16.3. The van der Waals surface area contributed by atoms with Crippen molar-refractivity contribution in [2.45, 2.75) is 31.8 Å². The number of likely N-dealkylation sites (tertiary alicyclic amines) is 1. The summed E-state index contributed by atoms with van der Waals surface area (Å²) < 4.78 is 0. The summed E-state index contributed by atoms with van der Waals surface area (Å²) in [5.74, 6) is 0.899. The van der Waals surface area contributed by atoms with Gasteiger partial charge in [-0.15, -0.1) is 0 Å². The van der Waals surface area contributed by atoms with Crippen LogP contribution in [0.5, 0.6) is 0 Å². The lowest BCUT2D eigenvalue weighted by Gasteiger charge is -2.38. The molecule has 1 aromatic carbocycles. The first kappa shape index (κ1) is 18.8. The molecule has 0 spiro atoms. The van der Waals surface area contributed by atoms with Gasteiger partial charge in [0.05, 0.1) is 11.1 Å². The van der Waals surface area contributed by atoms with Crippen molar-refractivity contribution in [2.75, 3.05) is 31.5 Å². The van der Waals surface area contributed by atoms with E-state index in [4.69, 9.17) is 0 Å². The first-order valence-electron chi connectivity index (χ1n) is 10.1. The maximum Gasteiger partial charge on any atom is 0.126 e. The summed E-state index contributed by atoms with van der Waals surface area (Å²) in [5, 5.41) is 15.4. The molecule has 1 saturated heterocycles. The number of benzene rings is 1. The number of hydrogen-bond donors (Lipinski definition) is 2. The number of fused-ring (bicyclic) bond motifs is 1. The minimum absolute atomic E-state index is 0.572. The third kappa shape index (κ3) is 4.49. The highest BCUT2D eigenvalue weighted by Crippen LogP contribution is 2.26. The number of anilines is 1. The van der Waals surface area contributed by atoms with Crippen LogP contribution in [0.4, 0.5) is 5.82 Å². The second-order valence-electron chi connectivity index (χ2n) is 7.81. The fourth-order valence-electron chi connectivity index (χ4n) is 3.98. The number of aliphatic hydroxyl groups is 1. The molecule has 28 heavy (non-hydrogen) atoms. The molecular weight excluding hydrogens is 348 g/mol. The molecule has 0 aliphatic carbocycles. The largest absolute Gasteiger partial charge is 0.389 e. The second kappa shape index (κ2) is 8.25. The van der Waals surface area contributed by atoms with Crippen LogP contribution in [0.25, 0.3) is 10.9 Å². The van der Waals surface area contributed by atoms with E-state index in [9.17, 15) is 5.11 Å². The molecule has 3 heterocycles. The molecule has 0 radical (unpaired) electrons. The Morgan fingerprint density at radius 1 is 1.07 bits per heavy atom. The van der Waals surface area contributed by atoms with E-state index in [0.717, 1.165) is 67.9 Å². The Morgan fingerprint density at radius 2 is 1.86 bits per heavy atom. The SMILES string of the molecule is Cc1nccc2nc(NCCN3CCC(O)(Cc4ccccc4)CC3)ccc12. The third-order valence-corrected chi connectivity index (χ3v) is 5.71. The zero-order chi connectivity index (χ0) is 19.4. The Labute approximate surface area is 166 Å². The normalized spacial score (nSPS) is 16.9. The minimum Gasteiger partial charge on any atom is -0.389 e. The van der Waals surface area contributed by atoms with Gasteiger partial charge < -0.3 is 15.3 Å². The van der Waals surface area contributed by atoms with Crippen LogP contribution in [-0.4, -0.2) is 51.8 Å². The van der Waals surface area contributed by atoms with E-state index >= 15 is 0 Å². The number of nitrogens with zero attached hydrogens (tertiary/aromatic N) is 3. The van der Waals surface area contributed by atoms with Crippen molar-refractivity contribution in [2.24, 2.45) is 0 Å². The average molecular weight is 377 g/mol. The highest BCUT2D eigenvalue weighted by molar-refractivity contribution is 5.81. The number of rotatable bonds is 6. The molecule has 0 saturated carbocycles. The lowest BCUT2D eigenvalue weighted by molar-refractivity contribution is -0.0196. The van der Waals surface area contributed by atoms with E-state index in [2.05, 4.69) is 38.4 Å². The van der Waals surface area contributed by atoms with Gasteiger partial charge in [0.1, 0.15) is 5.82 Å². The lowest BCUT2D eigenvalue weighted by Crippen LogP contribution is -2.46. The van der Waals surface area contributed by atoms with E-state index in [1.807, 2.05) is 37.3 Å². The standard InChI is InChI=1S/C23H28N4O/c1-18-20-7-8-22(26-21(20)9-12-24-18)25-13-16-27-14-10-23(28,11-15-27)17-19-5-3-2-4-6-19/h2-9,12,28H,10-11,13-17H2,1H3,(H,25,26). The lowest BCUT2D eigenvalue weighted by atomic mass is 9.85. The molecule has 1 aliphatic heterocycles. The van der Waals surface area contributed by atoms with Gasteiger partial charge >= 0.3 is 0 Å². The van der Waals surface area contributed by atoms with E-state index in [1.54, 1.807) is 6.20 Å². The molecule has 0 atom stereocenters. The number of piperidine rings is 1. The molecule has 5 nitrogen and oxygen atoms in total. The number of hydrogen-bond acceptors (Lipinski definition) is 5. The molecule has 5 heteroatoms. The van der Waals surface area contributed by atoms with Crippen molar-refractivity contribution in [1.29, 1.82) is 0 Å². The fraction of sp³-hybridized carbons (Fsp3) is 0.391. The summed E-state index contributed by atoms with van der Waals surface area (Å²) in [4.78, 5) is 11.4. The monoisotopic (exact) mass is 376 g/mol. The molecular formula is C23H28N4O. The zero-order valence-electron chi connectivity index (χ0n) is 16.4. The van der Waals surface area contributed by atoms with Crippen molar-refractivity contribution in [3.8, 4) is 0 Å². The van der Waals surface area contributed by atoms with Gasteiger partial charge in [-0.1, -0.05) is 30.3 Å². The minimum atomic E-state index is -0.572. The number of aryl methyl sites for hydroxylation is 1. The molecule has 1 aliphatic rings. The predicted molar refractivity (Wildman–Crippen MR) is 114 cm³/mol. The van der Waals surface area contributed by atoms with Crippen LogP contribution in [-0.2, 0) is 6.42 Å². The topological polar surface area (TPSA) is 61.3 Å². The van der Waals surface area contributed by atoms with Crippen LogP contribution in [0.15, 0.2) is 54.7 Å². The Balaban J connectivity index is 1.25. The first-order valence-corrected chi connectivity index (χ1v) is 10.1. The van der Waals surface area contributed by atoms with Gasteiger partial charge in [-0.3, -0.25) is 4.98 Å². The van der Waals surface area contributed by atoms with Gasteiger partial charge in [-0.25, -0.2) is 4.98 Å². The Bertz CT molecular complexity index is 920. The average Bonchev–Trinajstić information content (AvgIpc) is 2.70. The Hall–Kier alpha value is -2.50. The molecule has 2 N–H and O–H groups in total. The maximum atomic E-state index is 10.9. The van der Waals surface area contributed by atoms with Gasteiger partial charge in [-0.05, 0) is 43.5 Å². The molecule has 146 valence electrons. The highest BCUT2D eigenvalue weighted by atomic mass is 16.3. The van der Waals surface area contributed by atoms with Crippen LogP contribution in [0.1, 0.15) is 24.1 Å². The van der Waals surface area contributed by atoms with E-state index in [-0.39, 0.29) is 0 Å². The van der Waals surface area contributed by atoms with Crippen LogP contribution in [0.2, 0.25) is 0 Å². The molecule has 0 amide bonds. The Kier molecular flexibility index (Phi) is 5.55. The van der Waals surface area contributed by atoms with E-state index < -0.39 is 5.60 Å². The Morgan fingerprint density at radius 3 is 2.64 bits per heavy atom. The van der Waals surface area contributed by atoms with Gasteiger partial charge in [0.25, 0.3) is 0 Å². The van der Waals surface area contributed by atoms with Crippen LogP contribution >= 0.6 is 0 Å². The summed E-state index contributed by atoms with van der Waals surface area (Å²) in [5.41, 5.74) is 2.62. The fourth-order valence-corrected chi connectivity index (χ4v) is 3.98. The zero-order valence-corrected chi connectivity index (χ0v) is 16.4. The number of pyridine rings is 2. The van der Waals surface area contributed by atoms with Crippen LogP contribution in [0, 0.1) is 6.92 Å². The molecule has 2 aromatic heterocycles. The van der Waals surface area contributed by atoms with Crippen LogP contribution in [0.3, 0.4) is 0 Å². The van der Waals surface area contributed by atoms with Gasteiger partial charge in [0.15, 0.2) is 0 Å². The van der Waals surface area contributed by atoms with Gasteiger partial charge in [0.2, 0.25) is 0 Å². The van der Waals surface area contributed by atoms with Crippen molar-refractivity contribution in [3.05, 3.63) is 66.0 Å². The molecule has 0 bridgehead atoms. The predicted octanol–water partition coefficient (Wildman–Crippen LogP) is 3.42. The third-order valence-electron chi connectivity index (χ3n) is 5.71. The molecule has 3 aromatic rings. The van der Waals surface area contributed by atoms with E-state index in [1.165, 1.54) is 5.56 Å².